The first kappa shape index (κ1) is 11.9. The lowest BCUT2D eigenvalue weighted by Gasteiger charge is -2.05. The largest absolute Gasteiger partial charge is 0.385 e. The second kappa shape index (κ2) is 7.19. The van der Waals surface area contributed by atoms with Crippen molar-refractivity contribution >= 4 is 17.4 Å². The Morgan fingerprint density at radius 3 is 2.67 bits per heavy atom. The number of nitriles is 1. The summed E-state index contributed by atoms with van der Waals surface area (Å²) in [7, 11) is 0. The first-order valence-corrected chi connectivity index (χ1v) is 6.19. The average Bonchev–Trinajstić information content (AvgIpc) is 2.27. The highest BCUT2D eigenvalue weighted by atomic mass is 32.2. The van der Waals surface area contributed by atoms with Gasteiger partial charge in [-0.2, -0.15) is 5.26 Å². The minimum Gasteiger partial charge on any atom is -0.385 e. The summed E-state index contributed by atoms with van der Waals surface area (Å²) in [5.74, 6) is 1.11. The molecule has 0 spiro atoms. The molecule has 2 nitrogen and oxygen atoms in total. The molecule has 0 saturated carbocycles. The number of rotatable bonds is 6. The van der Waals surface area contributed by atoms with E-state index in [1.54, 1.807) is 0 Å². The Morgan fingerprint density at radius 2 is 2.07 bits per heavy atom. The van der Waals surface area contributed by atoms with Crippen LogP contribution in [0.15, 0.2) is 29.2 Å². The number of hydrogen-bond acceptors (Lipinski definition) is 3. The molecule has 0 atom stereocenters. The van der Waals surface area contributed by atoms with Crippen LogP contribution in [0.5, 0.6) is 0 Å². The summed E-state index contributed by atoms with van der Waals surface area (Å²) in [6.07, 6.45) is 1.53. The van der Waals surface area contributed by atoms with Gasteiger partial charge >= 0.3 is 0 Å². The molecule has 80 valence electrons. The van der Waals surface area contributed by atoms with Gasteiger partial charge in [0.15, 0.2) is 0 Å². The van der Waals surface area contributed by atoms with Crippen LogP contribution in [0.4, 0.5) is 5.69 Å². The zero-order valence-corrected chi connectivity index (χ0v) is 9.81. The van der Waals surface area contributed by atoms with Crippen molar-refractivity contribution in [3.8, 4) is 6.07 Å². The maximum absolute atomic E-state index is 8.38. The molecule has 0 amide bonds. The second-order valence-electron chi connectivity index (χ2n) is 3.15. The van der Waals surface area contributed by atoms with Gasteiger partial charge in [0.2, 0.25) is 0 Å². The van der Waals surface area contributed by atoms with E-state index < -0.39 is 0 Å². The molecule has 1 rings (SSSR count). The number of nitrogens with one attached hydrogen (secondary N) is 1. The van der Waals surface area contributed by atoms with Crippen LogP contribution in [-0.2, 0) is 0 Å². The van der Waals surface area contributed by atoms with Crippen LogP contribution in [0, 0.1) is 11.3 Å². The molecule has 15 heavy (non-hydrogen) atoms. The van der Waals surface area contributed by atoms with E-state index in [1.807, 2.05) is 11.8 Å². The van der Waals surface area contributed by atoms with Crippen LogP contribution in [0.25, 0.3) is 0 Å². The summed E-state index contributed by atoms with van der Waals surface area (Å²) in [6.45, 7) is 3.02. The Hall–Kier alpha value is -1.14. The number of anilines is 1. The molecule has 0 unspecified atom stereocenters. The summed E-state index contributed by atoms with van der Waals surface area (Å²) < 4.78 is 0. The minimum absolute atomic E-state index is 0.622. The van der Waals surface area contributed by atoms with Crippen LogP contribution in [0.1, 0.15) is 19.8 Å². The van der Waals surface area contributed by atoms with E-state index in [2.05, 4.69) is 42.6 Å². The maximum atomic E-state index is 8.38. The molecule has 0 aliphatic rings. The zero-order valence-electron chi connectivity index (χ0n) is 8.99. The number of thioether (sulfide) groups is 1. The molecule has 1 N–H and O–H groups in total. The van der Waals surface area contributed by atoms with Crippen molar-refractivity contribution in [2.45, 2.75) is 24.7 Å². The lowest BCUT2D eigenvalue weighted by Crippen LogP contribution is -2.00. The SMILES string of the molecule is CCSc1ccc(NCCCC#N)cc1. The first-order valence-electron chi connectivity index (χ1n) is 5.20. The fraction of sp³-hybridized carbons (Fsp3) is 0.417. The summed E-state index contributed by atoms with van der Waals surface area (Å²) in [5, 5.41) is 11.7. The van der Waals surface area contributed by atoms with Gasteiger partial charge in [0.05, 0.1) is 6.07 Å². The van der Waals surface area contributed by atoms with Gasteiger partial charge in [0, 0.05) is 23.5 Å². The van der Waals surface area contributed by atoms with Gasteiger partial charge < -0.3 is 5.32 Å². The predicted octanol–water partition coefficient (Wildman–Crippen LogP) is 3.51. The average molecular weight is 220 g/mol. The van der Waals surface area contributed by atoms with Crippen molar-refractivity contribution < 1.29 is 0 Å². The standard InChI is InChI=1S/C12H16N2S/c1-2-15-12-7-5-11(6-8-12)14-10-4-3-9-13/h5-8,14H,2-4,10H2,1H3. The maximum Gasteiger partial charge on any atom is 0.0622 e. The lowest BCUT2D eigenvalue weighted by molar-refractivity contribution is 0.897. The van der Waals surface area contributed by atoms with Crippen LogP contribution < -0.4 is 5.32 Å². The van der Waals surface area contributed by atoms with Gasteiger partial charge in [-0.1, -0.05) is 6.92 Å². The van der Waals surface area contributed by atoms with Crippen molar-refractivity contribution in [1.29, 1.82) is 5.26 Å². The van der Waals surface area contributed by atoms with E-state index in [1.165, 1.54) is 4.90 Å². The van der Waals surface area contributed by atoms with Crippen molar-refractivity contribution in [2.24, 2.45) is 0 Å². The van der Waals surface area contributed by atoms with Gasteiger partial charge in [0.1, 0.15) is 0 Å². The van der Waals surface area contributed by atoms with Crippen molar-refractivity contribution in [3.05, 3.63) is 24.3 Å². The Balaban J connectivity index is 2.33. The topological polar surface area (TPSA) is 35.8 Å². The van der Waals surface area contributed by atoms with Gasteiger partial charge in [-0.25, -0.2) is 0 Å². The van der Waals surface area contributed by atoms with Gasteiger partial charge in [0.25, 0.3) is 0 Å². The summed E-state index contributed by atoms with van der Waals surface area (Å²) in [5.41, 5.74) is 1.13. The molecule has 1 aromatic rings. The van der Waals surface area contributed by atoms with E-state index in [0.29, 0.717) is 6.42 Å². The molecule has 0 fully saturated rings. The third-order valence-corrected chi connectivity index (χ3v) is 2.85. The van der Waals surface area contributed by atoms with Gasteiger partial charge in [-0.15, -0.1) is 11.8 Å². The molecule has 0 bridgehead atoms. The fourth-order valence-electron chi connectivity index (χ4n) is 1.24. The molecule has 0 radical (unpaired) electrons. The molecular weight excluding hydrogens is 204 g/mol. The van der Waals surface area contributed by atoms with Gasteiger partial charge in [-0.05, 0) is 36.4 Å². The lowest BCUT2D eigenvalue weighted by atomic mass is 10.3. The molecule has 0 aliphatic heterocycles. The fourth-order valence-corrected chi connectivity index (χ4v) is 1.90. The Bertz CT molecular complexity index is 313. The normalized spacial score (nSPS) is 9.60. The molecule has 0 aromatic heterocycles. The predicted molar refractivity (Wildman–Crippen MR) is 66.2 cm³/mol. The van der Waals surface area contributed by atoms with Crippen LogP contribution >= 0.6 is 11.8 Å². The Morgan fingerprint density at radius 1 is 1.33 bits per heavy atom. The van der Waals surface area contributed by atoms with E-state index in [4.69, 9.17) is 5.26 Å². The Kier molecular flexibility index (Phi) is 5.72. The summed E-state index contributed by atoms with van der Waals surface area (Å²) >= 11 is 1.85. The summed E-state index contributed by atoms with van der Waals surface area (Å²) in [6, 6.07) is 10.6. The van der Waals surface area contributed by atoms with E-state index in [-0.39, 0.29) is 0 Å². The highest BCUT2D eigenvalue weighted by Gasteiger charge is 1.93. The van der Waals surface area contributed by atoms with E-state index in [9.17, 15) is 0 Å². The molecule has 0 aliphatic carbocycles. The zero-order chi connectivity index (χ0) is 10.9. The monoisotopic (exact) mass is 220 g/mol. The van der Waals surface area contributed by atoms with Crippen LogP contribution in [0.2, 0.25) is 0 Å². The van der Waals surface area contributed by atoms with Crippen molar-refractivity contribution in [1.82, 2.24) is 0 Å². The van der Waals surface area contributed by atoms with Crippen LogP contribution in [0.3, 0.4) is 0 Å². The minimum atomic E-state index is 0.622. The number of unbranched alkanes of at least 4 members (excludes halogenated alkanes) is 1. The number of hydrogen-bond donors (Lipinski definition) is 1. The third-order valence-electron chi connectivity index (χ3n) is 1.96. The van der Waals surface area contributed by atoms with E-state index in [0.717, 1.165) is 24.4 Å². The van der Waals surface area contributed by atoms with Crippen LogP contribution in [-0.4, -0.2) is 12.3 Å². The molecule has 3 heteroatoms. The summed E-state index contributed by atoms with van der Waals surface area (Å²) in [4.78, 5) is 1.31. The van der Waals surface area contributed by atoms with Crippen molar-refractivity contribution in [2.75, 3.05) is 17.6 Å². The first-order chi connectivity index (χ1) is 7.36. The smallest absolute Gasteiger partial charge is 0.0622 e. The third kappa shape index (κ3) is 4.75. The highest BCUT2D eigenvalue weighted by molar-refractivity contribution is 7.99. The number of benzene rings is 1. The molecule has 1 aromatic carbocycles. The van der Waals surface area contributed by atoms with E-state index >= 15 is 0 Å². The highest BCUT2D eigenvalue weighted by Crippen LogP contribution is 2.19. The van der Waals surface area contributed by atoms with Crippen molar-refractivity contribution in [3.63, 3.8) is 0 Å². The number of nitrogens with zero attached hydrogens (tertiary/aromatic N) is 1. The molecule has 0 saturated heterocycles. The Labute approximate surface area is 95.7 Å². The van der Waals surface area contributed by atoms with Gasteiger partial charge in [-0.3, -0.25) is 0 Å². The molecule has 0 heterocycles. The second-order valence-corrected chi connectivity index (χ2v) is 4.48. The molecular formula is C12H16N2S. The quantitative estimate of drug-likeness (QED) is 0.588.